The third kappa shape index (κ3) is 5.94. The molecule has 1 heterocycles. The molecule has 0 saturated heterocycles. The third-order valence-corrected chi connectivity index (χ3v) is 5.19. The van der Waals surface area contributed by atoms with Gasteiger partial charge in [-0.3, -0.25) is 14.4 Å². The van der Waals surface area contributed by atoms with Crippen molar-refractivity contribution >= 4 is 34.7 Å². The Morgan fingerprint density at radius 1 is 0.781 bits per heavy atom. The fraction of sp³-hybridized carbons (Fsp3) is 0.136. The van der Waals surface area contributed by atoms with Crippen LogP contribution in [0.1, 0.15) is 36.0 Å². The van der Waals surface area contributed by atoms with E-state index in [9.17, 15) is 27.6 Å². The molecule has 0 saturated carbocycles. The summed E-state index contributed by atoms with van der Waals surface area (Å²) in [4.78, 5) is 36.9. The molecule has 3 rings (SSSR count). The Hall–Kier alpha value is -3.66. The van der Waals surface area contributed by atoms with Crippen LogP contribution in [-0.4, -0.2) is 30.8 Å². The van der Waals surface area contributed by atoms with Crippen LogP contribution in [0.25, 0.3) is 0 Å². The highest BCUT2D eigenvalue weighted by atomic mass is 32.1. The quantitative estimate of drug-likeness (QED) is 0.462. The van der Waals surface area contributed by atoms with Gasteiger partial charge in [-0.2, -0.15) is 13.2 Å². The van der Waals surface area contributed by atoms with Crippen LogP contribution >= 0.6 is 11.3 Å². The van der Waals surface area contributed by atoms with E-state index >= 15 is 0 Å². The molecular weight excluding hydrogens is 443 g/mol. The van der Waals surface area contributed by atoms with Crippen molar-refractivity contribution in [2.24, 2.45) is 0 Å². The van der Waals surface area contributed by atoms with Gasteiger partial charge in [-0.1, -0.05) is 18.2 Å². The Bertz CT molecular complexity index is 1100. The van der Waals surface area contributed by atoms with E-state index in [0.717, 1.165) is 12.1 Å². The number of alkyl halides is 3. The van der Waals surface area contributed by atoms with Crippen LogP contribution in [0.3, 0.4) is 0 Å². The molecule has 0 atom stereocenters. The standard InChI is InChI=1S/C22H18F3N3O3S/c23-22(24,25)17-5-2-1-4-16(17)20(30)28-15-9-7-14(8-10-15)19(29)26-11-12-27-21(31)18-6-3-13-32-18/h1-10,13H,11-12H2,(H,26,29)(H,27,31)(H,28,30). The molecule has 32 heavy (non-hydrogen) atoms. The first-order valence-corrected chi connectivity index (χ1v) is 10.3. The minimum Gasteiger partial charge on any atom is -0.350 e. The van der Waals surface area contributed by atoms with Crippen LogP contribution < -0.4 is 16.0 Å². The lowest BCUT2D eigenvalue weighted by molar-refractivity contribution is -0.137. The number of halogens is 3. The van der Waals surface area contributed by atoms with E-state index in [4.69, 9.17) is 0 Å². The van der Waals surface area contributed by atoms with Gasteiger partial charge < -0.3 is 16.0 Å². The minimum absolute atomic E-state index is 0.211. The molecule has 3 amide bonds. The predicted octanol–water partition coefficient (Wildman–Crippen LogP) is 4.18. The van der Waals surface area contributed by atoms with E-state index < -0.39 is 29.1 Å². The smallest absolute Gasteiger partial charge is 0.350 e. The van der Waals surface area contributed by atoms with Gasteiger partial charge in [0.15, 0.2) is 0 Å². The molecule has 0 aliphatic carbocycles. The van der Waals surface area contributed by atoms with Gasteiger partial charge in [-0.05, 0) is 47.8 Å². The molecular formula is C22H18F3N3O3S. The molecule has 0 spiro atoms. The third-order valence-electron chi connectivity index (χ3n) is 4.32. The summed E-state index contributed by atoms with van der Waals surface area (Å²) in [6.07, 6.45) is -4.65. The molecule has 0 fully saturated rings. The maximum Gasteiger partial charge on any atom is 0.417 e. The summed E-state index contributed by atoms with van der Waals surface area (Å²) in [6.45, 7) is 0.456. The van der Waals surface area contributed by atoms with Gasteiger partial charge in [0.2, 0.25) is 0 Å². The highest BCUT2D eigenvalue weighted by Gasteiger charge is 2.34. The molecule has 3 aromatic rings. The van der Waals surface area contributed by atoms with Crippen LogP contribution in [0.4, 0.5) is 18.9 Å². The molecule has 0 unspecified atom stereocenters. The minimum atomic E-state index is -4.65. The number of amides is 3. The maximum atomic E-state index is 13.1. The van der Waals surface area contributed by atoms with Crippen molar-refractivity contribution in [3.05, 3.63) is 87.6 Å². The van der Waals surface area contributed by atoms with Crippen LogP contribution in [0, 0.1) is 0 Å². The topological polar surface area (TPSA) is 87.3 Å². The SMILES string of the molecule is O=C(NCCNC(=O)c1cccs1)c1ccc(NC(=O)c2ccccc2C(F)(F)F)cc1. The van der Waals surface area contributed by atoms with E-state index in [1.54, 1.807) is 17.5 Å². The van der Waals surface area contributed by atoms with Gasteiger partial charge in [0, 0.05) is 24.3 Å². The molecule has 1 aromatic heterocycles. The lowest BCUT2D eigenvalue weighted by atomic mass is 10.1. The van der Waals surface area contributed by atoms with Crippen LogP contribution in [0.5, 0.6) is 0 Å². The number of hydrogen-bond donors (Lipinski definition) is 3. The van der Waals surface area contributed by atoms with Gasteiger partial charge in [0.1, 0.15) is 0 Å². The zero-order valence-electron chi connectivity index (χ0n) is 16.5. The van der Waals surface area contributed by atoms with Gasteiger partial charge in [-0.15, -0.1) is 11.3 Å². The van der Waals surface area contributed by atoms with E-state index in [0.29, 0.717) is 10.4 Å². The second-order valence-corrected chi connectivity index (χ2v) is 7.51. The van der Waals surface area contributed by atoms with Crippen molar-refractivity contribution < 1.29 is 27.6 Å². The number of nitrogens with one attached hydrogen (secondary N) is 3. The first-order valence-electron chi connectivity index (χ1n) is 9.43. The van der Waals surface area contributed by atoms with Crippen molar-refractivity contribution in [1.82, 2.24) is 10.6 Å². The monoisotopic (exact) mass is 461 g/mol. The zero-order chi connectivity index (χ0) is 23.1. The largest absolute Gasteiger partial charge is 0.417 e. The van der Waals surface area contributed by atoms with Crippen molar-refractivity contribution in [1.29, 1.82) is 0 Å². The molecule has 10 heteroatoms. The molecule has 0 aliphatic rings. The summed E-state index contributed by atoms with van der Waals surface area (Å²) in [5, 5.41) is 9.52. The highest BCUT2D eigenvalue weighted by molar-refractivity contribution is 7.12. The van der Waals surface area contributed by atoms with Crippen LogP contribution in [0.2, 0.25) is 0 Å². The Balaban J connectivity index is 1.52. The molecule has 0 radical (unpaired) electrons. The van der Waals surface area contributed by atoms with Gasteiger partial charge in [0.25, 0.3) is 17.7 Å². The summed E-state index contributed by atoms with van der Waals surface area (Å²) >= 11 is 1.31. The van der Waals surface area contributed by atoms with E-state index in [2.05, 4.69) is 16.0 Å². The number of benzene rings is 2. The Morgan fingerprint density at radius 2 is 1.44 bits per heavy atom. The normalized spacial score (nSPS) is 11.0. The number of hydrogen-bond acceptors (Lipinski definition) is 4. The van der Waals surface area contributed by atoms with Gasteiger partial charge in [0.05, 0.1) is 16.0 Å². The first kappa shape index (κ1) is 23.0. The molecule has 2 aromatic carbocycles. The predicted molar refractivity (Wildman–Crippen MR) is 115 cm³/mol. The van der Waals surface area contributed by atoms with E-state index in [1.807, 2.05) is 0 Å². The number of thiophene rings is 1. The Morgan fingerprint density at radius 3 is 2.06 bits per heavy atom. The highest BCUT2D eigenvalue weighted by Crippen LogP contribution is 2.32. The molecule has 3 N–H and O–H groups in total. The second-order valence-electron chi connectivity index (χ2n) is 6.56. The van der Waals surface area contributed by atoms with Gasteiger partial charge in [-0.25, -0.2) is 0 Å². The lowest BCUT2D eigenvalue weighted by Crippen LogP contribution is -2.34. The number of rotatable bonds is 7. The second kappa shape index (κ2) is 10.1. The number of anilines is 1. The fourth-order valence-electron chi connectivity index (χ4n) is 2.78. The molecule has 166 valence electrons. The summed E-state index contributed by atoms with van der Waals surface area (Å²) in [6, 6.07) is 13.7. The summed E-state index contributed by atoms with van der Waals surface area (Å²) in [7, 11) is 0. The molecule has 0 bridgehead atoms. The molecule has 6 nitrogen and oxygen atoms in total. The lowest BCUT2D eigenvalue weighted by Gasteiger charge is -2.13. The summed E-state index contributed by atoms with van der Waals surface area (Å²) in [5.74, 6) is -1.52. The Labute approximate surface area is 185 Å². The maximum absolute atomic E-state index is 13.1. The zero-order valence-corrected chi connectivity index (χ0v) is 17.3. The van der Waals surface area contributed by atoms with E-state index in [1.165, 1.54) is 47.7 Å². The van der Waals surface area contributed by atoms with Crippen molar-refractivity contribution in [2.45, 2.75) is 6.18 Å². The number of carbonyl (C=O) groups is 3. The van der Waals surface area contributed by atoms with Crippen molar-refractivity contribution in [3.63, 3.8) is 0 Å². The average molecular weight is 461 g/mol. The average Bonchev–Trinajstić information content (AvgIpc) is 3.31. The molecule has 0 aliphatic heterocycles. The van der Waals surface area contributed by atoms with Crippen molar-refractivity contribution in [2.75, 3.05) is 18.4 Å². The Kier molecular flexibility index (Phi) is 7.26. The summed E-state index contributed by atoms with van der Waals surface area (Å²) in [5.41, 5.74) is -0.985. The first-order chi connectivity index (χ1) is 15.3. The van der Waals surface area contributed by atoms with Gasteiger partial charge >= 0.3 is 6.18 Å². The van der Waals surface area contributed by atoms with Crippen LogP contribution in [0.15, 0.2) is 66.0 Å². The number of carbonyl (C=O) groups excluding carboxylic acids is 3. The van der Waals surface area contributed by atoms with Crippen molar-refractivity contribution in [3.8, 4) is 0 Å². The van der Waals surface area contributed by atoms with Crippen LogP contribution in [-0.2, 0) is 6.18 Å². The van der Waals surface area contributed by atoms with E-state index in [-0.39, 0.29) is 24.7 Å². The summed E-state index contributed by atoms with van der Waals surface area (Å²) < 4.78 is 39.3. The fourth-order valence-corrected chi connectivity index (χ4v) is 3.42.